The monoisotopic (exact) mass is 375 g/mol. The number of aromatic hydroxyl groups is 1. The third-order valence-electron chi connectivity index (χ3n) is 4.80. The third-order valence-corrected chi connectivity index (χ3v) is 4.80. The van der Waals surface area contributed by atoms with Crippen LogP contribution in [0.3, 0.4) is 0 Å². The van der Waals surface area contributed by atoms with Crippen LogP contribution in [0.2, 0.25) is 0 Å². The normalized spacial score (nSPS) is 12.8. The van der Waals surface area contributed by atoms with Gasteiger partial charge in [0.1, 0.15) is 12.4 Å². The molecule has 0 atom stereocenters. The molecule has 3 aromatic rings. The lowest BCUT2D eigenvalue weighted by Gasteiger charge is -2.33. The predicted octanol–water partition coefficient (Wildman–Crippen LogP) is 3.21. The van der Waals surface area contributed by atoms with E-state index in [1.165, 1.54) is 0 Å². The van der Waals surface area contributed by atoms with Gasteiger partial charge >= 0.3 is 0 Å². The summed E-state index contributed by atoms with van der Waals surface area (Å²) >= 11 is 0. The SMILES string of the molecule is CNC(=O)c1cc(-c2ccccc2O)cc2c1OCCN2Cc1cccnc1. The number of amides is 1. The minimum atomic E-state index is -0.225. The molecule has 0 spiro atoms. The van der Waals surface area contributed by atoms with Crippen molar-refractivity contribution in [3.8, 4) is 22.6 Å². The lowest BCUT2D eigenvalue weighted by molar-refractivity contribution is 0.0958. The first-order chi connectivity index (χ1) is 13.7. The van der Waals surface area contributed by atoms with E-state index in [1.807, 2.05) is 36.5 Å². The molecule has 1 amide bonds. The molecule has 4 rings (SSSR count). The zero-order valence-corrected chi connectivity index (χ0v) is 15.6. The Kier molecular flexibility index (Phi) is 4.85. The van der Waals surface area contributed by atoms with Crippen molar-refractivity contribution in [3.05, 3.63) is 72.1 Å². The maximum Gasteiger partial charge on any atom is 0.254 e. The number of phenolic OH excluding ortho intramolecular Hbond substituents is 1. The summed E-state index contributed by atoms with van der Waals surface area (Å²) in [5, 5.41) is 13.0. The van der Waals surface area contributed by atoms with Crippen molar-refractivity contribution in [2.75, 3.05) is 25.1 Å². The fourth-order valence-electron chi connectivity index (χ4n) is 3.43. The number of para-hydroxylation sites is 1. The Hall–Kier alpha value is -3.54. The van der Waals surface area contributed by atoms with Gasteiger partial charge < -0.3 is 20.1 Å². The summed E-state index contributed by atoms with van der Waals surface area (Å²) in [5.74, 6) is 0.506. The van der Waals surface area contributed by atoms with E-state index >= 15 is 0 Å². The van der Waals surface area contributed by atoms with Crippen molar-refractivity contribution in [1.82, 2.24) is 10.3 Å². The number of hydrogen-bond donors (Lipinski definition) is 2. The average Bonchev–Trinajstić information content (AvgIpc) is 2.74. The Labute approximate surface area is 163 Å². The maximum absolute atomic E-state index is 12.5. The van der Waals surface area contributed by atoms with E-state index in [0.717, 1.165) is 16.8 Å². The zero-order chi connectivity index (χ0) is 19.5. The van der Waals surface area contributed by atoms with E-state index < -0.39 is 0 Å². The first-order valence-electron chi connectivity index (χ1n) is 9.12. The van der Waals surface area contributed by atoms with Gasteiger partial charge in [0.25, 0.3) is 5.91 Å². The topological polar surface area (TPSA) is 74.7 Å². The van der Waals surface area contributed by atoms with Crippen LogP contribution in [0.25, 0.3) is 11.1 Å². The van der Waals surface area contributed by atoms with Gasteiger partial charge in [0.05, 0.1) is 17.8 Å². The number of benzene rings is 2. The fraction of sp³-hybridized carbons (Fsp3) is 0.182. The van der Waals surface area contributed by atoms with Crippen molar-refractivity contribution in [2.45, 2.75) is 6.54 Å². The molecule has 28 heavy (non-hydrogen) atoms. The summed E-state index contributed by atoms with van der Waals surface area (Å²) < 4.78 is 5.89. The van der Waals surface area contributed by atoms with E-state index in [4.69, 9.17) is 4.74 Å². The highest BCUT2D eigenvalue weighted by Crippen LogP contribution is 2.41. The molecule has 0 radical (unpaired) electrons. The summed E-state index contributed by atoms with van der Waals surface area (Å²) in [5.41, 5.74) is 3.79. The summed E-state index contributed by atoms with van der Waals surface area (Å²) in [6.07, 6.45) is 3.58. The second kappa shape index (κ2) is 7.60. The van der Waals surface area contributed by atoms with Gasteiger partial charge in [-0.3, -0.25) is 9.78 Å². The molecule has 1 aliphatic heterocycles. The van der Waals surface area contributed by atoms with E-state index in [9.17, 15) is 9.90 Å². The van der Waals surface area contributed by atoms with Crippen LogP contribution in [0.15, 0.2) is 60.9 Å². The van der Waals surface area contributed by atoms with Crippen LogP contribution in [0.5, 0.6) is 11.5 Å². The second-order valence-corrected chi connectivity index (χ2v) is 6.60. The molecule has 1 aromatic heterocycles. The highest BCUT2D eigenvalue weighted by molar-refractivity contribution is 6.01. The van der Waals surface area contributed by atoms with Crippen LogP contribution in [-0.4, -0.2) is 36.2 Å². The van der Waals surface area contributed by atoms with E-state index in [-0.39, 0.29) is 11.7 Å². The quantitative estimate of drug-likeness (QED) is 0.732. The number of phenols is 1. The van der Waals surface area contributed by atoms with E-state index in [2.05, 4.69) is 15.2 Å². The van der Waals surface area contributed by atoms with Gasteiger partial charge in [-0.2, -0.15) is 0 Å². The lowest BCUT2D eigenvalue weighted by atomic mass is 9.98. The first kappa shape index (κ1) is 17.9. The Balaban J connectivity index is 1.84. The Morgan fingerprint density at radius 3 is 2.86 bits per heavy atom. The minimum Gasteiger partial charge on any atom is -0.507 e. The smallest absolute Gasteiger partial charge is 0.254 e. The summed E-state index contributed by atoms with van der Waals surface area (Å²) in [4.78, 5) is 18.9. The largest absolute Gasteiger partial charge is 0.507 e. The number of anilines is 1. The maximum atomic E-state index is 12.5. The number of rotatable bonds is 4. The van der Waals surface area contributed by atoms with Crippen LogP contribution < -0.4 is 15.0 Å². The van der Waals surface area contributed by atoms with Gasteiger partial charge in [-0.15, -0.1) is 0 Å². The number of aromatic nitrogens is 1. The number of carbonyl (C=O) groups excluding carboxylic acids is 1. The average molecular weight is 375 g/mol. The number of fused-ring (bicyclic) bond motifs is 1. The van der Waals surface area contributed by atoms with E-state index in [1.54, 1.807) is 31.4 Å². The van der Waals surface area contributed by atoms with E-state index in [0.29, 0.717) is 36.6 Å². The number of carbonyl (C=O) groups is 1. The van der Waals surface area contributed by atoms with Crippen LogP contribution in [0.1, 0.15) is 15.9 Å². The Morgan fingerprint density at radius 1 is 1.25 bits per heavy atom. The molecule has 142 valence electrons. The summed E-state index contributed by atoms with van der Waals surface area (Å²) in [6.45, 7) is 1.84. The van der Waals surface area contributed by atoms with Gasteiger partial charge in [-0.25, -0.2) is 0 Å². The molecule has 0 aliphatic carbocycles. The van der Waals surface area contributed by atoms with Crippen LogP contribution in [-0.2, 0) is 6.54 Å². The van der Waals surface area contributed by atoms with Crippen LogP contribution >= 0.6 is 0 Å². The highest BCUT2D eigenvalue weighted by Gasteiger charge is 2.26. The summed E-state index contributed by atoms with van der Waals surface area (Å²) in [7, 11) is 1.59. The second-order valence-electron chi connectivity index (χ2n) is 6.60. The predicted molar refractivity (Wildman–Crippen MR) is 108 cm³/mol. The standard InChI is InChI=1S/C22H21N3O3/c1-23-22(27)18-11-16(17-6-2-3-7-20(17)26)12-19-21(18)28-10-9-25(19)14-15-5-4-8-24-13-15/h2-8,11-13,26H,9-10,14H2,1H3,(H,23,27). The van der Waals surface area contributed by atoms with Crippen LogP contribution in [0, 0.1) is 0 Å². The molecule has 0 fully saturated rings. The molecular weight excluding hydrogens is 354 g/mol. The molecule has 2 N–H and O–H groups in total. The molecule has 1 aliphatic rings. The van der Waals surface area contributed by atoms with Crippen molar-refractivity contribution >= 4 is 11.6 Å². The minimum absolute atomic E-state index is 0.167. The molecule has 2 aromatic carbocycles. The van der Waals surface area contributed by atoms with Gasteiger partial charge in [0, 0.05) is 31.5 Å². The number of ether oxygens (including phenoxy) is 1. The first-order valence-corrected chi connectivity index (χ1v) is 9.12. The number of hydrogen-bond acceptors (Lipinski definition) is 5. The third kappa shape index (κ3) is 3.36. The van der Waals surface area contributed by atoms with Gasteiger partial charge in [-0.1, -0.05) is 24.3 Å². The van der Waals surface area contributed by atoms with Crippen molar-refractivity contribution in [2.24, 2.45) is 0 Å². The van der Waals surface area contributed by atoms with Gasteiger partial charge in [0.2, 0.25) is 0 Å². The van der Waals surface area contributed by atoms with Crippen molar-refractivity contribution < 1.29 is 14.6 Å². The Bertz CT molecular complexity index is 1010. The molecule has 6 nitrogen and oxygen atoms in total. The number of pyridine rings is 1. The molecule has 2 heterocycles. The highest BCUT2D eigenvalue weighted by atomic mass is 16.5. The fourth-order valence-corrected chi connectivity index (χ4v) is 3.43. The molecular formula is C22H21N3O3. The van der Waals surface area contributed by atoms with Crippen LogP contribution in [0.4, 0.5) is 5.69 Å². The number of nitrogens with zero attached hydrogens (tertiary/aromatic N) is 2. The van der Waals surface area contributed by atoms with Gasteiger partial charge in [-0.05, 0) is 35.4 Å². The van der Waals surface area contributed by atoms with Crippen molar-refractivity contribution in [1.29, 1.82) is 0 Å². The Morgan fingerprint density at radius 2 is 2.11 bits per heavy atom. The molecule has 0 saturated carbocycles. The number of nitrogens with one attached hydrogen (secondary N) is 1. The molecule has 6 heteroatoms. The van der Waals surface area contributed by atoms with Gasteiger partial charge in [0.15, 0.2) is 5.75 Å². The zero-order valence-electron chi connectivity index (χ0n) is 15.6. The molecule has 0 saturated heterocycles. The van der Waals surface area contributed by atoms with Crippen molar-refractivity contribution in [3.63, 3.8) is 0 Å². The molecule has 0 unspecified atom stereocenters. The lowest BCUT2D eigenvalue weighted by Crippen LogP contribution is -2.33. The summed E-state index contributed by atoms with van der Waals surface area (Å²) in [6, 6.07) is 14.8. The molecule has 0 bridgehead atoms.